The molecule has 0 amide bonds. The van der Waals surface area contributed by atoms with Gasteiger partial charge in [0.15, 0.2) is 0 Å². The summed E-state index contributed by atoms with van der Waals surface area (Å²) < 4.78 is 4.95. The van der Waals surface area contributed by atoms with Gasteiger partial charge in [0, 0.05) is 18.2 Å². The van der Waals surface area contributed by atoms with Gasteiger partial charge in [-0.05, 0) is 0 Å². The van der Waals surface area contributed by atoms with E-state index in [9.17, 15) is 0 Å². The van der Waals surface area contributed by atoms with Crippen LogP contribution in [-0.2, 0) is 6.42 Å². The molecule has 1 aromatic rings. The summed E-state index contributed by atoms with van der Waals surface area (Å²) in [7, 11) is 1.50. The fourth-order valence-electron chi connectivity index (χ4n) is 0.883. The predicted octanol–water partition coefficient (Wildman–Crippen LogP) is -0.226. The number of methoxy groups -OCH3 is 1. The number of amidine groups is 1. The maximum absolute atomic E-state index is 8.34. The number of rotatable bonds is 3. The molecule has 0 unspecified atom stereocenters. The molecule has 0 bridgehead atoms. The molecule has 70 valence electrons. The Hall–Kier alpha value is -1.85. The van der Waals surface area contributed by atoms with Gasteiger partial charge in [0.05, 0.1) is 7.11 Å². The smallest absolute Gasteiger partial charge is 0.219 e. The Morgan fingerprint density at radius 2 is 2.54 bits per heavy atom. The number of nitrogens with zero attached hydrogens (tertiary/aromatic N) is 3. The molecule has 6 heteroatoms. The zero-order valence-electron chi connectivity index (χ0n) is 7.14. The minimum absolute atomic E-state index is 0.0908. The van der Waals surface area contributed by atoms with E-state index in [4.69, 9.17) is 15.7 Å². The highest BCUT2D eigenvalue weighted by Crippen LogP contribution is 2.12. The van der Waals surface area contributed by atoms with Crippen molar-refractivity contribution in [2.24, 2.45) is 10.9 Å². The van der Waals surface area contributed by atoms with Crippen molar-refractivity contribution in [1.82, 2.24) is 9.97 Å². The van der Waals surface area contributed by atoms with Crippen LogP contribution in [-0.4, -0.2) is 28.1 Å². The first-order chi connectivity index (χ1) is 6.27. The number of nitrogens with two attached hydrogens (primary N) is 1. The van der Waals surface area contributed by atoms with Crippen molar-refractivity contribution >= 4 is 5.84 Å². The van der Waals surface area contributed by atoms with E-state index in [0.29, 0.717) is 11.4 Å². The molecule has 1 rings (SSSR count). The van der Waals surface area contributed by atoms with Gasteiger partial charge in [-0.15, -0.1) is 0 Å². The van der Waals surface area contributed by atoms with Crippen molar-refractivity contribution in [3.8, 4) is 5.88 Å². The molecule has 1 aromatic heterocycles. The van der Waals surface area contributed by atoms with Crippen molar-refractivity contribution in [1.29, 1.82) is 0 Å². The van der Waals surface area contributed by atoms with E-state index in [0.717, 1.165) is 0 Å². The first-order valence-corrected chi connectivity index (χ1v) is 3.57. The zero-order valence-corrected chi connectivity index (χ0v) is 7.14. The third-order valence-corrected chi connectivity index (χ3v) is 1.44. The maximum atomic E-state index is 8.34. The third-order valence-electron chi connectivity index (χ3n) is 1.44. The Balaban J connectivity index is 2.87. The standard InChI is InChI=1S/C7H10N4O2/c1-13-7-5(2-6(8)11-12)3-9-4-10-7/h3-4,12H,2H2,1H3,(H2,8,11). The van der Waals surface area contributed by atoms with Crippen molar-refractivity contribution < 1.29 is 9.94 Å². The van der Waals surface area contributed by atoms with Crippen molar-refractivity contribution in [3.63, 3.8) is 0 Å². The summed E-state index contributed by atoms with van der Waals surface area (Å²) in [5, 5.41) is 11.2. The highest BCUT2D eigenvalue weighted by molar-refractivity contribution is 5.82. The van der Waals surface area contributed by atoms with Crippen LogP contribution in [0.1, 0.15) is 5.56 Å². The maximum Gasteiger partial charge on any atom is 0.219 e. The second-order valence-electron chi connectivity index (χ2n) is 2.33. The lowest BCUT2D eigenvalue weighted by Gasteiger charge is -2.04. The normalized spacial score (nSPS) is 11.3. The Bertz CT molecular complexity index is 313. The second-order valence-corrected chi connectivity index (χ2v) is 2.33. The van der Waals surface area contributed by atoms with Gasteiger partial charge in [-0.3, -0.25) is 0 Å². The Labute approximate surface area is 75.1 Å². The van der Waals surface area contributed by atoms with Crippen LogP contribution in [0.2, 0.25) is 0 Å². The molecule has 6 nitrogen and oxygen atoms in total. The van der Waals surface area contributed by atoms with Crippen LogP contribution in [0.5, 0.6) is 5.88 Å². The van der Waals surface area contributed by atoms with E-state index < -0.39 is 0 Å². The van der Waals surface area contributed by atoms with Crippen LogP contribution < -0.4 is 10.5 Å². The van der Waals surface area contributed by atoms with Crippen molar-refractivity contribution in [3.05, 3.63) is 18.1 Å². The summed E-state index contributed by atoms with van der Waals surface area (Å²) in [6.45, 7) is 0. The zero-order chi connectivity index (χ0) is 9.68. The minimum Gasteiger partial charge on any atom is -0.481 e. The first-order valence-electron chi connectivity index (χ1n) is 3.57. The molecule has 0 saturated carbocycles. The first kappa shape index (κ1) is 9.24. The number of oxime groups is 1. The van der Waals surface area contributed by atoms with E-state index in [1.54, 1.807) is 6.20 Å². The van der Waals surface area contributed by atoms with Crippen LogP contribution in [0.15, 0.2) is 17.7 Å². The monoisotopic (exact) mass is 182 g/mol. The molecule has 0 atom stereocenters. The summed E-state index contributed by atoms with van der Waals surface area (Å²) >= 11 is 0. The Kier molecular flexibility index (Phi) is 3.02. The molecule has 0 aromatic carbocycles. The average molecular weight is 182 g/mol. The molecule has 0 saturated heterocycles. The number of aromatic nitrogens is 2. The van der Waals surface area contributed by atoms with Gasteiger partial charge in [-0.25, -0.2) is 9.97 Å². The highest BCUT2D eigenvalue weighted by atomic mass is 16.5. The van der Waals surface area contributed by atoms with Crippen LogP contribution in [0.4, 0.5) is 0 Å². The Morgan fingerprint density at radius 3 is 3.15 bits per heavy atom. The fourth-order valence-corrected chi connectivity index (χ4v) is 0.883. The van der Waals surface area contributed by atoms with Crippen LogP contribution in [0, 0.1) is 0 Å². The average Bonchev–Trinajstić information content (AvgIpc) is 2.18. The van der Waals surface area contributed by atoms with Gasteiger partial charge >= 0.3 is 0 Å². The molecular weight excluding hydrogens is 172 g/mol. The van der Waals surface area contributed by atoms with Crippen LogP contribution in [0.3, 0.4) is 0 Å². The van der Waals surface area contributed by atoms with E-state index in [1.165, 1.54) is 13.4 Å². The summed E-state index contributed by atoms with van der Waals surface area (Å²) in [6, 6.07) is 0. The molecule has 3 N–H and O–H groups in total. The SMILES string of the molecule is COc1ncncc1C/C(N)=N/O. The van der Waals surface area contributed by atoms with E-state index in [-0.39, 0.29) is 12.3 Å². The predicted molar refractivity (Wildman–Crippen MR) is 45.7 cm³/mol. The minimum atomic E-state index is 0.0908. The van der Waals surface area contributed by atoms with Crippen LogP contribution >= 0.6 is 0 Å². The van der Waals surface area contributed by atoms with Crippen molar-refractivity contribution in [2.45, 2.75) is 6.42 Å². The lowest BCUT2D eigenvalue weighted by atomic mass is 10.2. The van der Waals surface area contributed by atoms with Gasteiger partial charge in [0.1, 0.15) is 12.2 Å². The van der Waals surface area contributed by atoms with Crippen LogP contribution in [0.25, 0.3) is 0 Å². The lowest BCUT2D eigenvalue weighted by molar-refractivity contribution is 0.317. The molecule has 0 aliphatic heterocycles. The van der Waals surface area contributed by atoms with Gasteiger partial charge in [0.25, 0.3) is 0 Å². The molecule has 0 radical (unpaired) electrons. The largest absolute Gasteiger partial charge is 0.481 e. The summed E-state index contributed by atoms with van der Waals surface area (Å²) in [5.41, 5.74) is 6.00. The molecule has 0 aliphatic carbocycles. The van der Waals surface area contributed by atoms with Gasteiger partial charge in [0.2, 0.25) is 5.88 Å². The van der Waals surface area contributed by atoms with Crippen molar-refractivity contribution in [2.75, 3.05) is 7.11 Å². The van der Waals surface area contributed by atoms with E-state index >= 15 is 0 Å². The van der Waals surface area contributed by atoms with Gasteiger partial charge in [-0.2, -0.15) is 0 Å². The molecule has 0 aliphatic rings. The van der Waals surface area contributed by atoms with Gasteiger partial charge < -0.3 is 15.7 Å². The molecule has 0 fully saturated rings. The molecule has 0 spiro atoms. The topological polar surface area (TPSA) is 93.6 Å². The quantitative estimate of drug-likeness (QED) is 0.291. The molecule has 1 heterocycles. The van der Waals surface area contributed by atoms with E-state index in [2.05, 4.69) is 15.1 Å². The highest BCUT2D eigenvalue weighted by Gasteiger charge is 2.05. The fraction of sp³-hybridized carbons (Fsp3) is 0.286. The Morgan fingerprint density at radius 1 is 1.77 bits per heavy atom. The lowest BCUT2D eigenvalue weighted by Crippen LogP contribution is -2.15. The summed E-state index contributed by atoms with van der Waals surface area (Å²) in [6.07, 6.45) is 3.19. The number of hydrogen-bond acceptors (Lipinski definition) is 5. The molecular formula is C7H10N4O2. The summed E-state index contributed by atoms with van der Waals surface area (Å²) in [5.74, 6) is 0.523. The number of hydrogen-bond donors (Lipinski definition) is 2. The van der Waals surface area contributed by atoms with E-state index in [1.807, 2.05) is 0 Å². The second kappa shape index (κ2) is 4.24. The summed E-state index contributed by atoms with van der Waals surface area (Å²) in [4.78, 5) is 7.66. The number of ether oxygens (including phenoxy) is 1. The van der Waals surface area contributed by atoms with Gasteiger partial charge in [-0.1, -0.05) is 5.16 Å². The third kappa shape index (κ3) is 2.29. The molecule has 13 heavy (non-hydrogen) atoms.